The van der Waals surface area contributed by atoms with Crippen molar-refractivity contribution in [3.05, 3.63) is 59.1 Å². The average molecular weight is 371 g/mol. The van der Waals surface area contributed by atoms with Crippen molar-refractivity contribution in [2.45, 2.75) is 11.1 Å². The summed E-state index contributed by atoms with van der Waals surface area (Å²) < 4.78 is 22.3. The second-order valence-corrected chi connectivity index (χ2v) is 6.74. The van der Waals surface area contributed by atoms with E-state index >= 15 is 0 Å². The second kappa shape index (κ2) is 7.49. The zero-order valence-corrected chi connectivity index (χ0v) is 13.8. The summed E-state index contributed by atoms with van der Waals surface area (Å²) >= 11 is 5.74. The van der Waals surface area contributed by atoms with E-state index in [1.807, 2.05) is 0 Å². The SMILES string of the molecule is NS(=O)(=O)c1ccc(NNC(=O)NC(O)c2ccc(Cl)cc2)cc1. The van der Waals surface area contributed by atoms with Gasteiger partial charge in [0.2, 0.25) is 10.0 Å². The molecule has 2 aromatic carbocycles. The van der Waals surface area contributed by atoms with Crippen LogP contribution in [0.1, 0.15) is 11.8 Å². The molecule has 0 bridgehead atoms. The fourth-order valence-electron chi connectivity index (χ4n) is 1.75. The Labute approximate surface area is 143 Å². The number of anilines is 1. The molecule has 128 valence electrons. The normalized spacial score (nSPS) is 12.3. The largest absolute Gasteiger partial charge is 0.369 e. The lowest BCUT2D eigenvalue weighted by Crippen LogP contribution is -2.40. The van der Waals surface area contributed by atoms with Crippen LogP contribution >= 0.6 is 11.6 Å². The molecule has 0 fully saturated rings. The number of carbonyl (C=O) groups is 1. The Balaban J connectivity index is 1.87. The van der Waals surface area contributed by atoms with Crippen LogP contribution in [0.3, 0.4) is 0 Å². The lowest BCUT2D eigenvalue weighted by atomic mass is 10.2. The summed E-state index contributed by atoms with van der Waals surface area (Å²) in [6.45, 7) is 0. The predicted octanol–water partition coefficient (Wildman–Crippen LogP) is 1.30. The monoisotopic (exact) mass is 370 g/mol. The van der Waals surface area contributed by atoms with Gasteiger partial charge in [-0.05, 0) is 36.4 Å². The highest BCUT2D eigenvalue weighted by Crippen LogP contribution is 2.14. The number of nitrogens with two attached hydrogens (primary N) is 1. The molecule has 0 heterocycles. The fraction of sp³-hybridized carbons (Fsp3) is 0.0714. The van der Waals surface area contributed by atoms with Crippen molar-refractivity contribution in [2.75, 3.05) is 5.43 Å². The van der Waals surface area contributed by atoms with Crippen molar-refractivity contribution in [1.29, 1.82) is 0 Å². The molecule has 0 radical (unpaired) electrons. The summed E-state index contributed by atoms with van der Waals surface area (Å²) in [7, 11) is -3.77. The van der Waals surface area contributed by atoms with E-state index in [2.05, 4.69) is 16.2 Å². The third-order valence-electron chi connectivity index (χ3n) is 2.96. The molecular formula is C14H15ClN4O4S. The number of aliphatic hydroxyl groups excluding tert-OH is 1. The number of sulfonamides is 1. The summed E-state index contributed by atoms with van der Waals surface area (Å²) in [5.74, 6) is 0. The lowest BCUT2D eigenvalue weighted by molar-refractivity contribution is 0.143. The van der Waals surface area contributed by atoms with Gasteiger partial charge in [0.05, 0.1) is 10.6 Å². The number of rotatable bonds is 5. The van der Waals surface area contributed by atoms with Crippen LogP contribution in [-0.2, 0) is 10.0 Å². The molecule has 0 aliphatic rings. The number of hydrogen-bond acceptors (Lipinski definition) is 5. The highest BCUT2D eigenvalue weighted by molar-refractivity contribution is 7.89. The van der Waals surface area contributed by atoms with Crippen LogP contribution in [-0.4, -0.2) is 19.6 Å². The lowest BCUT2D eigenvalue weighted by Gasteiger charge is -2.15. The van der Waals surface area contributed by atoms with Crippen molar-refractivity contribution >= 4 is 33.3 Å². The van der Waals surface area contributed by atoms with Crippen LogP contribution in [0.2, 0.25) is 5.02 Å². The van der Waals surface area contributed by atoms with Crippen molar-refractivity contribution < 1.29 is 18.3 Å². The van der Waals surface area contributed by atoms with Crippen molar-refractivity contribution in [2.24, 2.45) is 5.14 Å². The molecule has 24 heavy (non-hydrogen) atoms. The molecule has 10 heteroatoms. The summed E-state index contributed by atoms with van der Waals surface area (Å²) in [5.41, 5.74) is 5.76. The molecule has 0 aliphatic carbocycles. The van der Waals surface area contributed by atoms with Crippen LogP contribution < -0.4 is 21.3 Å². The molecule has 2 amide bonds. The number of hydrogen-bond donors (Lipinski definition) is 5. The summed E-state index contributed by atoms with van der Waals surface area (Å²) in [6.07, 6.45) is -1.21. The molecule has 2 rings (SSSR count). The maximum atomic E-state index is 11.7. The summed E-state index contributed by atoms with van der Waals surface area (Å²) in [4.78, 5) is 11.7. The first kappa shape index (κ1) is 18.0. The zero-order chi connectivity index (χ0) is 17.7. The van der Waals surface area contributed by atoms with Crippen LogP contribution in [0.4, 0.5) is 10.5 Å². The van der Waals surface area contributed by atoms with Crippen LogP contribution in [0.5, 0.6) is 0 Å². The Hall–Kier alpha value is -2.33. The Bertz CT molecular complexity index is 810. The number of primary sulfonamides is 1. The first-order valence-electron chi connectivity index (χ1n) is 6.64. The van der Waals surface area contributed by atoms with E-state index in [-0.39, 0.29) is 4.90 Å². The fourth-order valence-corrected chi connectivity index (χ4v) is 2.39. The van der Waals surface area contributed by atoms with E-state index in [0.29, 0.717) is 16.3 Å². The average Bonchev–Trinajstić information content (AvgIpc) is 2.53. The minimum atomic E-state index is -3.77. The smallest absolute Gasteiger partial charge is 0.335 e. The number of carbonyl (C=O) groups excluding carboxylic acids is 1. The topological polar surface area (TPSA) is 134 Å². The van der Waals surface area contributed by atoms with Gasteiger partial charge in [0, 0.05) is 10.6 Å². The highest BCUT2D eigenvalue weighted by Gasteiger charge is 2.11. The van der Waals surface area contributed by atoms with E-state index < -0.39 is 22.3 Å². The molecule has 2 aromatic rings. The van der Waals surface area contributed by atoms with E-state index in [1.165, 1.54) is 24.3 Å². The van der Waals surface area contributed by atoms with Gasteiger partial charge >= 0.3 is 6.03 Å². The van der Waals surface area contributed by atoms with Crippen molar-refractivity contribution in [3.8, 4) is 0 Å². The molecule has 0 saturated carbocycles. The van der Waals surface area contributed by atoms with Crippen molar-refractivity contribution in [3.63, 3.8) is 0 Å². The minimum Gasteiger partial charge on any atom is -0.369 e. The van der Waals surface area contributed by atoms with Crippen LogP contribution in [0.25, 0.3) is 0 Å². The number of aliphatic hydroxyl groups is 1. The highest BCUT2D eigenvalue weighted by atomic mass is 35.5. The standard InChI is InChI=1S/C14H15ClN4O4S/c15-10-3-1-9(2-4-10)13(20)17-14(21)19-18-11-5-7-12(8-6-11)24(16,22)23/h1-8,13,18,20H,(H2,16,22,23)(H2,17,19,21). The maximum Gasteiger partial charge on any atom is 0.335 e. The Morgan fingerprint density at radius 3 is 2.21 bits per heavy atom. The third-order valence-corrected chi connectivity index (χ3v) is 4.14. The van der Waals surface area contributed by atoms with Gasteiger partial charge in [-0.3, -0.25) is 10.9 Å². The van der Waals surface area contributed by atoms with Gasteiger partial charge < -0.3 is 10.4 Å². The van der Waals surface area contributed by atoms with E-state index in [1.54, 1.807) is 24.3 Å². The van der Waals surface area contributed by atoms with Gasteiger partial charge in [0.25, 0.3) is 0 Å². The summed E-state index contributed by atoms with van der Waals surface area (Å²) in [5, 5.41) is 17.7. The minimum absolute atomic E-state index is 0.0457. The van der Waals surface area contributed by atoms with E-state index in [9.17, 15) is 18.3 Å². The molecule has 1 atom stereocenters. The van der Waals surface area contributed by atoms with Gasteiger partial charge in [0.15, 0.2) is 6.23 Å². The van der Waals surface area contributed by atoms with Crippen LogP contribution in [0, 0.1) is 0 Å². The first-order chi connectivity index (χ1) is 11.3. The quantitative estimate of drug-likeness (QED) is 0.399. The Morgan fingerprint density at radius 2 is 1.67 bits per heavy atom. The first-order valence-corrected chi connectivity index (χ1v) is 8.57. The number of hydrazine groups is 1. The van der Waals surface area contributed by atoms with Crippen molar-refractivity contribution in [1.82, 2.24) is 10.7 Å². The molecule has 8 nitrogen and oxygen atoms in total. The second-order valence-electron chi connectivity index (χ2n) is 4.75. The van der Waals surface area contributed by atoms with Gasteiger partial charge in [-0.2, -0.15) is 0 Å². The molecular weight excluding hydrogens is 356 g/mol. The van der Waals surface area contributed by atoms with E-state index in [4.69, 9.17) is 16.7 Å². The zero-order valence-electron chi connectivity index (χ0n) is 12.2. The maximum absolute atomic E-state index is 11.7. The number of benzene rings is 2. The third kappa shape index (κ3) is 5.10. The summed E-state index contributed by atoms with van der Waals surface area (Å²) in [6, 6.07) is 11.1. The van der Waals surface area contributed by atoms with E-state index in [0.717, 1.165) is 0 Å². The number of halogens is 1. The Kier molecular flexibility index (Phi) is 5.62. The molecule has 0 saturated heterocycles. The van der Waals surface area contributed by atoms with Gasteiger partial charge in [0.1, 0.15) is 0 Å². The molecule has 0 aromatic heterocycles. The van der Waals surface area contributed by atoms with Gasteiger partial charge in [-0.1, -0.05) is 23.7 Å². The van der Waals surface area contributed by atoms with Crippen LogP contribution in [0.15, 0.2) is 53.4 Å². The van der Waals surface area contributed by atoms with Gasteiger partial charge in [-0.15, -0.1) is 0 Å². The molecule has 0 aliphatic heterocycles. The predicted molar refractivity (Wildman–Crippen MR) is 89.5 cm³/mol. The molecule has 1 unspecified atom stereocenters. The molecule has 0 spiro atoms. The Morgan fingerprint density at radius 1 is 1.08 bits per heavy atom. The van der Waals surface area contributed by atoms with Gasteiger partial charge in [-0.25, -0.2) is 18.4 Å². The number of amides is 2. The number of urea groups is 1. The molecule has 6 N–H and O–H groups in total. The number of nitrogens with one attached hydrogen (secondary N) is 3.